The van der Waals surface area contributed by atoms with Gasteiger partial charge in [-0.15, -0.1) is 0 Å². The number of anilines is 1. The zero-order valence-corrected chi connectivity index (χ0v) is 13.0. The summed E-state index contributed by atoms with van der Waals surface area (Å²) in [6.45, 7) is 4.59. The minimum atomic E-state index is 0.125. The number of amides is 1. The SMILES string of the molecule is Cc1ccc(N2CCCCN(C(=O)c3ccccc3)C2)cc1. The summed E-state index contributed by atoms with van der Waals surface area (Å²) in [5, 5.41) is 0. The lowest BCUT2D eigenvalue weighted by Crippen LogP contribution is -2.40. The van der Waals surface area contributed by atoms with Crippen LogP contribution < -0.4 is 4.90 Å². The maximum Gasteiger partial charge on any atom is 0.255 e. The molecular weight excluding hydrogens is 272 g/mol. The van der Waals surface area contributed by atoms with E-state index in [9.17, 15) is 4.79 Å². The van der Waals surface area contributed by atoms with E-state index >= 15 is 0 Å². The molecule has 3 nitrogen and oxygen atoms in total. The smallest absolute Gasteiger partial charge is 0.255 e. The predicted octanol–water partition coefficient (Wildman–Crippen LogP) is 3.70. The summed E-state index contributed by atoms with van der Waals surface area (Å²) < 4.78 is 0. The van der Waals surface area contributed by atoms with Crippen molar-refractivity contribution < 1.29 is 4.79 Å². The van der Waals surface area contributed by atoms with E-state index in [0.717, 1.165) is 31.5 Å². The van der Waals surface area contributed by atoms with Gasteiger partial charge in [-0.2, -0.15) is 0 Å². The van der Waals surface area contributed by atoms with Crippen molar-refractivity contribution >= 4 is 11.6 Å². The topological polar surface area (TPSA) is 23.6 Å². The Kier molecular flexibility index (Phi) is 4.42. The third-order valence-electron chi connectivity index (χ3n) is 4.15. The molecule has 0 saturated carbocycles. The van der Waals surface area contributed by atoms with E-state index in [2.05, 4.69) is 36.1 Å². The van der Waals surface area contributed by atoms with Crippen LogP contribution in [0.4, 0.5) is 5.69 Å². The van der Waals surface area contributed by atoms with Crippen molar-refractivity contribution in [2.75, 3.05) is 24.7 Å². The minimum Gasteiger partial charge on any atom is -0.354 e. The number of nitrogens with zero attached hydrogens (tertiary/aromatic N) is 2. The standard InChI is InChI=1S/C19H22N2O/c1-16-9-11-18(12-10-16)20-13-5-6-14-21(15-20)19(22)17-7-3-2-4-8-17/h2-4,7-12H,5-6,13-15H2,1H3. The Morgan fingerprint density at radius 2 is 1.59 bits per heavy atom. The molecule has 0 aromatic heterocycles. The fraction of sp³-hybridized carbons (Fsp3) is 0.316. The molecule has 1 aliphatic heterocycles. The van der Waals surface area contributed by atoms with Crippen LogP contribution in [-0.4, -0.2) is 30.6 Å². The van der Waals surface area contributed by atoms with E-state index in [-0.39, 0.29) is 5.91 Å². The van der Waals surface area contributed by atoms with E-state index in [1.165, 1.54) is 11.3 Å². The average molecular weight is 294 g/mol. The number of carbonyl (C=O) groups is 1. The largest absolute Gasteiger partial charge is 0.354 e. The molecule has 22 heavy (non-hydrogen) atoms. The van der Waals surface area contributed by atoms with Crippen molar-refractivity contribution in [3.63, 3.8) is 0 Å². The lowest BCUT2D eigenvalue weighted by molar-refractivity contribution is 0.0762. The summed E-state index contributed by atoms with van der Waals surface area (Å²) in [5.41, 5.74) is 3.22. The molecule has 0 bridgehead atoms. The van der Waals surface area contributed by atoms with E-state index in [4.69, 9.17) is 0 Å². The van der Waals surface area contributed by atoms with Crippen LogP contribution in [-0.2, 0) is 0 Å². The first-order valence-corrected chi connectivity index (χ1v) is 7.90. The normalized spacial score (nSPS) is 15.5. The highest BCUT2D eigenvalue weighted by Crippen LogP contribution is 2.20. The minimum absolute atomic E-state index is 0.125. The van der Waals surface area contributed by atoms with Gasteiger partial charge in [-0.05, 0) is 44.0 Å². The van der Waals surface area contributed by atoms with Crippen molar-refractivity contribution in [1.82, 2.24) is 4.90 Å². The molecule has 0 atom stereocenters. The van der Waals surface area contributed by atoms with Gasteiger partial charge in [0.25, 0.3) is 5.91 Å². The van der Waals surface area contributed by atoms with Crippen molar-refractivity contribution in [3.8, 4) is 0 Å². The number of carbonyl (C=O) groups excluding carboxylic acids is 1. The third kappa shape index (κ3) is 3.30. The summed E-state index contributed by atoms with van der Waals surface area (Å²) in [4.78, 5) is 16.9. The molecule has 0 radical (unpaired) electrons. The lowest BCUT2D eigenvalue weighted by Gasteiger charge is -2.29. The van der Waals surface area contributed by atoms with Crippen LogP contribution in [0, 0.1) is 6.92 Å². The van der Waals surface area contributed by atoms with Crippen LogP contribution in [0.3, 0.4) is 0 Å². The predicted molar refractivity (Wildman–Crippen MR) is 90.1 cm³/mol. The van der Waals surface area contributed by atoms with Crippen LogP contribution in [0.2, 0.25) is 0 Å². The molecule has 114 valence electrons. The summed E-state index contributed by atoms with van der Waals surface area (Å²) in [6.07, 6.45) is 2.17. The van der Waals surface area contributed by atoms with Gasteiger partial charge >= 0.3 is 0 Å². The van der Waals surface area contributed by atoms with Crippen molar-refractivity contribution in [2.24, 2.45) is 0 Å². The van der Waals surface area contributed by atoms with Crippen LogP contribution in [0.25, 0.3) is 0 Å². The van der Waals surface area contributed by atoms with Gasteiger partial charge in [0.15, 0.2) is 0 Å². The van der Waals surface area contributed by atoms with Crippen LogP contribution in [0.5, 0.6) is 0 Å². The maximum absolute atomic E-state index is 12.7. The Hall–Kier alpha value is -2.29. The highest BCUT2D eigenvalue weighted by molar-refractivity contribution is 5.94. The van der Waals surface area contributed by atoms with Gasteiger partial charge in [0.2, 0.25) is 0 Å². The second-order valence-electron chi connectivity index (χ2n) is 5.88. The van der Waals surface area contributed by atoms with E-state index < -0.39 is 0 Å². The van der Waals surface area contributed by atoms with Gasteiger partial charge < -0.3 is 9.80 Å². The molecule has 0 aliphatic carbocycles. The lowest BCUT2D eigenvalue weighted by atomic mass is 10.2. The van der Waals surface area contributed by atoms with E-state index in [1.807, 2.05) is 35.2 Å². The molecular formula is C19H22N2O. The highest BCUT2D eigenvalue weighted by Gasteiger charge is 2.21. The highest BCUT2D eigenvalue weighted by atomic mass is 16.2. The fourth-order valence-corrected chi connectivity index (χ4v) is 2.85. The third-order valence-corrected chi connectivity index (χ3v) is 4.15. The number of hydrogen-bond acceptors (Lipinski definition) is 2. The Labute approximate surface area is 132 Å². The summed E-state index contributed by atoms with van der Waals surface area (Å²) >= 11 is 0. The summed E-state index contributed by atoms with van der Waals surface area (Å²) in [7, 11) is 0. The van der Waals surface area contributed by atoms with Crippen LogP contribution >= 0.6 is 0 Å². The molecule has 0 spiro atoms. The second-order valence-corrected chi connectivity index (χ2v) is 5.88. The van der Waals surface area contributed by atoms with Gasteiger partial charge in [-0.25, -0.2) is 0 Å². The molecule has 2 aromatic rings. The Bertz CT molecular complexity index is 622. The molecule has 1 fully saturated rings. The summed E-state index contributed by atoms with van der Waals surface area (Å²) in [5.74, 6) is 0.125. The van der Waals surface area contributed by atoms with Gasteiger partial charge in [-0.1, -0.05) is 35.9 Å². The van der Waals surface area contributed by atoms with Crippen molar-refractivity contribution in [1.29, 1.82) is 0 Å². The average Bonchev–Trinajstić information content (AvgIpc) is 2.82. The van der Waals surface area contributed by atoms with E-state index in [0.29, 0.717) is 6.67 Å². The molecule has 1 heterocycles. The molecule has 0 N–H and O–H groups in total. The second kappa shape index (κ2) is 6.65. The number of aryl methyl sites for hydroxylation is 1. The Morgan fingerprint density at radius 1 is 0.909 bits per heavy atom. The molecule has 0 unspecified atom stereocenters. The van der Waals surface area contributed by atoms with Crippen LogP contribution in [0.15, 0.2) is 54.6 Å². The van der Waals surface area contributed by atoms with Gasteiger partial charge in [0, 0.05) is 24.3 Å². The monoisotopic (exact) mass is 294 g/mol. The first-order valence-electron chi connectivity index (χ1n) is 7.90. The van der Waals surface area contributed by atoms with Gasteiger partial charge in [0.1, 0.15) is 0 Å². The van der Waals surface area contributed by atoms with Crippen molar-refractivity contribution in [2.45, 2.75) is 19.8 Å². The maximum atomic E-state index is 12.7. The molecule has 3 rings (SSSR count). The number of rotatable bonds is 2. The first kappa shape index (κ1) is 14.6. The zero-order valence-electron chi connectivity index (χ0n) is 13.0. The Balaban J connectivity index is 1.78. The molecule has 1 amide bonds. The number of benzene rings is 2. The zero-order chi connectivity index (χ0) is 15.4. The molecule has 3 heteroatoms. The van der Waals surface area contributed by atoms with Gasteiger partial charge in [0.05, 0.1) is 6.67 Å². The molecule has 1 aliphatic rings. The van der Waals surface area contributed by atoms with Gasteiger partial charge in [-0.3, -0.25) is 4.79 Å². The van der Waals surface area contributed by atoms with Crippen molar-refractivity contribution in [3.05, 3.63) is 65.7 Å². The molecule has 2 aromatic carbocycles. The van der Waals surface area contributed by atoms with E-state index in [1.54, 1.807) is 0 Å². The first-order chi connectivity index (χ1) is 10.7. The Morgan fingerprint density at radius 3 is 2.32 bits per heavy atom. The fourth-order valence-electron chi connectivity index (χ4n) is 2.85. The quantitative estimate of drug-likeness (QED) is 0.843. The summed E-state index contributed by atoms with van der Waals surface area (Å²) in [6, 6.07) is 18.1. The van der Waals surface area contributed by atoms with Crippen LogP contribution in [0.1, 0.15) is 28.8 Å². The number of hydrogen-bond donors (Lipinski definition) is 0. The molecule has 1 saturated heterocycles.